The number of carbonyl (C=O) groups is 2. The van der Waals surface area contributed by atoms with E-state index in [-0.39, 0.29) is 24.4 Å². The Morgan fingerprint density at radius 3 is 2.81 bits per heavy atom. The van der Waals surface area contributed by atoms with Gasteiger partial charge in [0.2, 0.25) is 11.8 Å². The lowest BCUT2D eigenvalue weighted by Crippen LogP contribution is -2.34. The Labute approximate surface area is 124 Å². The van der Waals surface area contributed by atoms with E-state index >= 15 is 0 Å². The van der Waals surface area contributed by atoms with E-state index in [0.717, 1.165) is 5.56 Å². The average molecular weight is 294 g/mol. The molecule has 0 radical (unpaired) electrons. The molecule has 0 bridgehead atoms. The van der Waals surface area contributed by atoms with Gasteiger partial charge < -0.3 is 15.4 Å². The first-order valence-electron chi connectivity index (χ1n) is 7.07. The third-order valence-corrected chi connectivity index (χ3v) is 3.83. The number of likely N-dealkylation sites (tertiary alicyclic amines) is 1. The summed E-state index contributed by atoms with van der Waals surface area (Å²) in [5, 5.41) is 4.29. The largest absolute Gasteiger partial charge is 0.383 e. The molecule has 0 aromatic carbocycles. The highest BCUT2D eigenvalue weighted by molar-refractivity contribution is 5.89. The molecular formula is C14H22N4O3. The van der Waals surface area contributed by atoms with E-state index in [1.807, 2.05) is 24.7 Å². The van der Waals surface area contributed by atoms with Gasteiger partial charge in [-0.2, -0.15) is 5.10 Å². The van der Waals surface area contributed by atoms with Crippen LogP contribution in [-0.2, 0) is 14.3 Å². The zero-order valence-corrected chi connectivity index (χ0v) is 12.7. The van der Waals surface area contributed by atoms with Crippen LogP contribution in [-0.4, -0.2) is 46.8 Å². The SMILES string of the molecule is COCCN1C(=O)C[C@@H](C(N)=O)[C@@H]1c1cnn(C(C)C)c1. The van der Waals surface area contributed by atoms with Crippen LogP contribution >= 0.6 is 0 Å². The lowest BCUT2D eigenvalue weighted by molar-refractivity contribution is -0.129. The summed E-state index contributed by atoms with van der Waals surface area (Å²) in [7, 11) is 1.58. The van der Waals surface area contributed by atoms with Crippen LogP contribution in [0.3, 0.4) is 0 Å². The van der Waals surface area contributed by atoms with E-state index in [9.17, 15) is 9.59 Å². The molecule has 7 heteroatoms. The van der Waals surface area contributed by atoms with Crippen LogP contribution < -0.4 is 5.73 Å². The molecule has 7 nitrogen and oxygen atoms in total. The Balaban J connectivity index is 2.31. The van der Waals surface area contributed by atoms with Crippen LogP contribution in [0.2, 0.25) is 0 Å². The van der Waals surface area contributed by atoms with Crippen molar-refractivity contribution in [3.63, 3.8) is 0 Å². The molecule has 0 saturated carbocycles. The minimum atomic E-state index is -0.515. The zero-order chi connectivity index (χ0) is 15.6. The highest BCUT2D eigenvalue weighted by Gasteiger charge is 2.43. The molecule has 116 valence electrons. The minimum absolute atomic E-state index is 0.0712. The van der Waals surface area contributed by atoms with E-state index in [4.69, 9.17) is 10.5 Å². The summed E-state index contributed by atoms with van der Waals surface area (Å²) in [6, 6.07) is -0.132. The zero-order valence-electron chi connectivity index (χ0n) is 12.7. The van der Waals surface area contributed by atoms with Crippen LogP contribution in [0, 0.1) is 5.92 Å². The number of nitrogens with zero attached hydrogens (tertiary/aromatic N) is 3. The number of methoxy groups -OCH3 is 1. The molecule has 2 atom stereocenters. The molecular weight excluding hydrogens is 272 g/mol. The molecule has 2 amide bonds. The molecule has 2 rings (SSSR count). The molecule has 2 N–H and O–H groups in total. The highest BCUT2D eigenvalue weighted by atomic mass is 16.5. The van der Waals surface area contributed by atoms with Gasteiger partial charge in [0.15, 0.2) is 0 Å². The average Bonchev–Trinajstić information content (AvgIpc) is 3.01. The van der Waals surface area contributed by atoms with Crippen molar-refractivity contribution in [2.45, 2.75) is 32.4 Å². The second kappa shape index (κ2) is 6.26. The predicted molar refractivity (Wildman–Crippen MR) is 76.2 cm³/mol. The number of carbonyl (C=O) groups excluding carboxylic acids is 2. The molecule has 1 saturated heterocycles. The molecule has 2 heterocycles. The summed E-state index contributed by atoms with van der Waals surface area (Å²) in [5.74, 6) is -1.04. The van der Waals surface area contributed by atoms with Crippen molar-refractivity contribution in [1.29, 1.82) is 0 Å². The highest BCUT2D eigenvalue weighted by Crippen LogP contribution is 2.37. The lowest BCUT2D eigenvalue weighted by Gasteiger charge is -2.26. The summed E-state index contributed by atoms with van der Waals surface area (Å²) < 4.78 is 6.85. The first-order valence-corrected chi connectivity index (χ1v) is 7.07. The lowest BCUT2D eigenvalue weighted by atomic mass is 9.95. The van der Waals surface area contributed by atoms with Crippen LogP contribution in [0.1, 0.15) is 37.9 Å². The number of hydrogen-bond donors (Lipinski definition) is 1. The summed E-state index contributed by atoms with van der Waals surface area (Å²) in [5.41, 5.74) is 6.31. The summed E-state index contributed by atoms with van der Waals surface area (Å²) >= 11 is 0. The van der Waals surface area contributed by atoms with Crippen molar-refractivity contribution in [2.24, 2.45) is 11.7 Å². The van der Waals surface area contributed by atoms with Crippen LogP contribution in [0.15, 0.2) is 12.4 Å². The van der Waals surface area contributed by atoms with Gasteiger partial charge >= 0.3 is 0 Å². The fraction of sp³-hybridized carbons (Fsp3) is 0.643. The number of hydrogen-bond acceptors (Lipinski definition) is 4. The fourth-order valence-electron chi connectivity index (χ4n) is 2.70. The Hall–Kier alpha value is -1.89. The fourth-order valence-corrected chi connectivity index (χ4v) is 2.70. The maximum absolute atomic E-state index is 12.2. The molecule has 0 aliphatic carbocycles. The van der Waals surface area contributed by atoms with E-state index in [1.54, 1.807) is 18.2 Å². The van der Waals surface area contributed by atoms with Crippen molar-refractivity contribution in [2.75, 3.05) is 20.3 Å². The standard InChI is InChI=1S/C14H22N4O3/c1-9(2)18-8-10(7-16-18)13-11(14(15)20)6-12(19)17(13)4-5-21-3/h7-9,11,13H,4-6H2,1-3H3,(H2,15,20)/t11-,13+/m1/s1. The van der Waals surface area contributed by atoms with E-state index in [2.05, 4.69) is 5.10 Å². The number of amides is 2. The second-order valence-corrected chi connectivity index (χ2v) is 5.59. The van der Waals surface area contributed by atoms with Crippen molar-refractivity contribution < 1.29 is 14.3 Å². The van der Waals surface area contributed by atoms with E-state index < -0.39 is 11.8 Å². The summed E-state index contributed by atoms with van der Waals surface area (Å²) in [6.45, 7) is 4.90. The van der Waals surface area contributed by atoms with Gasteiger partial charge in [-0.15, -0.1) is 0 Å². The second-order valence-electron chi connectivity index (χ2n) is 5.59. The Bertz CT molecular complexity index is 526. The van der Waals surface area contributed by atoms with Crippen molar-refractivity contribution in [3.05, 3.63) is 18.0 Å². The van der Waals surface area contributed by atoms with Gasteiger partial charge in [-0.1, -0.05) is 0 Å². The molecule has 1 aliphatic rings. The molecule has 1 aliphatic heterocycles. The molecule has 1 aromatic rings. The maximum Gasteiger partial charge on any atom is 0.224 e. The smallest absolute Gasteiger partial charge is 0.224 e. The van der Waals surface area contributed by atoms with Crippen molar-refractivity contribution in [3.8, 4) is 0 Å². The number of nitrogens with two attached hydrogens (primary N) is 1. The van der Waals surface area contributed by atoms with Crippen LogP contribution in [0.4, 0.5) is 0 Å². The number of aromatic nitrogens is 2. The molecule has 0 spiro atoms. The maximum atomic E-state index is 12.2. The quantitative estimate of drug-likeness (QED) is 0.826. The molecule has 21 heavy (non-hydrogen) atoms. The van der Waals surface area contributed by atoms with Crippen molar-refractivity contribution >= 4 is 11.8 Å². The van der Waals surface area contributed by atoms with Gasteiger partial charge in [0, 0.05) is 37.9 Å². The predicted octanol–water partition coefficient (Wildman–Crippen LogP) is 0.485. The molecule has 1 aromatic heterocycles. The Morgan fingerprint density at radius 2 is 2.29 bits per heavy atom. The van der Waals surface area contributed by atoms with Crippen molar-refractivity contribution in [1.82, 2.24) is 14.7 Å². The van der Waals surface area contributed by atoms with Gasteiger partial charge in [0.05, 0.1) is 24.8 Å². The van der Waals surface area contributed by atoms with E-state index in [0.29, 0.717) is 13.2 Å². The third-order valence-electron chi connectivity index (χ3n) is 3.83. The number of primary amides is 1. The summed E-state index contributed by atoms with van der Waals surface area (Å²) in [4.78, 5) is 25.5. The van der Waals surface area contributed by atoms with E-state index in [1.165, 1.54) is 0 Å². The molecule has 0 unspecified atom stereocenters. The third kappa shape index (κ3) is 3.07. The van der Waals surface area contributed by atoms with Gasteiger partial charge in [-0.25, -0.2) is 0 Å². The summed E-state index contributed by atoms with van der Waals surface area (Å²) in [6.07, 6.45) is 3.74. The van der Waals surface area contributed by atoms with Crippen LogP contribution in [0.25, 0.3) is 0 Å². The Kier molecular flexibility index (Phi) is 4.62. The molecule has 1 fully saturated rings. The Morgan fingerprint density at radius 1 is 1.57 bits per heavy atom. The van der Waals surface area contributed by atoms with Gasteiger partial charge in [-0.05, 0) is 13.8 Å². The number of ether oxygens (including phenoxy) is 1. The van der Waals surface area contributed by atoms with Gasteiger partial charge in [-0.3, -0.25) is 14.3 Å². The first kappa shape index (κ1) is 15.5. The topological polar surface area (TPSA) is 90.4 Å². The normalized spacial score (nSPS) is 22.3. The monoisotopic (exact) mass is 294 g/mol. The van der Waals surface area contributed by atoms with Gasteiger partial charge in [0.1, 0.15) is 0 Å². The van der Waals surface area contributed by atoms with Crippen LogP contribution in [0.5, 0.6) is 0 Å². The van der Waals surface area contributed by atoms with Gasteiger partial charge in [0.25, 0.3) is 0 Å². The first-order chi connectivity index (χ1) is 9.95. The minimum Gasteiger partial charge on any atom is -0.383 e. The number of rotatable bonds is 6.